The van der Waals surface area contributed by atoms with Gasteiger partial charge in [-0.2, -0.15) is 0 Å². The zero-order valence-electron chi connectivity index (χ0n) is 24.4. The lowest BCUT2D eigenvalue weighted by Crippen LogP contribution is -2.40. The normalized spacial score (nSPS) is 14.5. The third kappa shape index (κ3) is 5.97. The molecule has 0 aliphatic carbocycles. The average Bonchev–Trinajstić information content (AvgIpc) is 3.33. The van der Waals surface area contributed by atoms with E-state index < -0.39 is 16.9 Å². The maximum atomic E-state index is 14.1. The minimum Gasteiger partial charge on any atom is -0.497 e. The number of rotatable bonds is 10. The van der Waals surface area contributed by atoms with Crippen LogP contribution in [-0.2, 0) is 16.1 Å². The molecule has 0 fully saturated rings. The molecule has 0 spiro atoms. The van der Waals surface area contributed by atoms with E-state index in [4.69, 9.17) is 18.9 Å². The molecule has 1 atom stereocenters. The van der Waals surface area contributed by atoms with Gasteiger partial charge in [-0.1, -0.05) is 29.5 Å². The van der Waals surface area contributed by atoms with Crippen molar-refractivity contribution in [3.8, 4) is 17.2 Å². The van der Waals surface area contributed by atoms with E-state index in [-0.39, 0.29) is 30.0 Å². The predicted molar refractivity (Wildman–Crippen MR) is 164 cm³/mol. The molecule has 0 amide bonds. The molecule has 4 aromatic rings. The van der Waals surface area contributed by atoms with Crippen molar-refractivity contribution in [1.29, 1.82) is 0 Å². The van der Waals surface area contributed by atoms with Crippen molar-refractivity contribution in [2.24, 2.45) is 4.99 Å². The number of hydrogen-bond donors (Lipinski definition) is 0. The van der Waals surface area contributed by atoms with Gasteiger partial charge >= 0.3 is 5.97 Å². The topological polar surface area (TPSA) is 131 Å². The van der Waals surface area contributed by atoms with E-state index >= 15 is 0 Å². The van der Waals surface area contributed by atoms with Gasteiger partial charge in [-0.3, -0.25) is 19.5 Å². The molecule has 12 heteroatoms. The lowest BCUT2D eigenvalue weighted by molar-refractivity contribution is -0.384. The van der Waals surface area contributed by atoms with E-state index in [2.05, 4.69) is 4.99 Å². The van der Waals surface area contributed by atoms with Crippen LogP contribution < -0.4 is 29.1 Å². The average molecular weight is 616 g/mol. The van der Waals surface area contributed by atoms with E-state index in [1.54, 1.807) is 56.3 Å². The van der Waals surface area contributed by atoms with Crippen LogP contribution in [-0.4, -0.2) is 36.3 Å². The number of aromatic nitrogens is 1. The number of nitro benzene ring substituents is 1. The van der Waals surface area contributed by atoms with Gasteiger partial charge in [0.15, 0.2) is 4.80 Å². The van der Waals surface area contributed by atoms with Gasteiger partial charge in [0.05, 0.1) is 41.6 Å². The van der Waals surface area contributed by atoms with E-state index in [1.165, 1.54) is 42.3 Å². The summed E-state index contributed by atoms with van der Waals surface area (Å²) in [6, 6.07) is 17.7. The zero-order chi connectivity index (χ0) is 31.4. The summed E-state index contributed by atoms with van der Waals surface area (Å²) in [5, 5.41) is 11.0. The van der Waals surface area contributed by atoms with E-state index in [1.807, 2.05) is 18.2 Å². The first-order chi connectivity index (χ1) is 21.2. The molecule has 0 radical (unpaired) electrons. The summed E-state index contributed by atoms with van der Waals surface area (Å²) in [6.45, 7) is 3.75. The summed E-state index contributed by atoms with van der Waals surface area (Å²) >= 11 is 1.19. The van der Waals surface area contributed by atoms with Crippen LogP contribution in [0, 0.1) is 10.1 Å². The number of esters is 1. The molecule has 1 aliphatic heterocycles. The quantitative estimate of drug-likeness (QED) is 0.147. The van der Waals surface area contributed by atoms with E-state index in [9.17, 15) is 19.7 Å². The number of methoxy groups -OCH3 is 2. The van der Waals surface area contributed by atoms with Gasteiger partial charge in [0.2, 0.25) is 0 Å². The minimum absolute atomic E-state index is 0.00394. The third-order valence-electron chi connectivity index (χ3n) is 7.00. The van der Waals surface area contributed by atoms with Crippen molar-refractivity contribution in [2.75, 3.05) is 20.8 Å². The van der Waals surface area contributed by atoms with E-state index in [0.29, 0.717) is 43.4 Å². The monoisotopic (exact) mass is 615 g/mol. The summed E-state index contributed by atoms with van der Waals surface area (Å²) in [5.41, 5.74) is 2.24. The molecule has 0 unspecified atom stereocenters. The van der Waals surface area contributed by atoms with Crippen molar-refractivity contribution in [3.63, 3.8) is 0 Å². The van der Waals surface area contributed by atoms with Gasteiger partial charge in [-0.15, -0.1) is 0 Å². The molecule has 0 bridgehead atoms. The second-order valence-electron chi connectivity index (χ2n) is 9.66. The van der Waals surface area contributed by atoms with Crippen LogP contribution in [0.2, 0.25) is 0 Å². The van der Waals surface area contributed by atoms with Crippen LogP contribution in [0.4, 0.5) is 5.69 Å². The Bertz CT molecular complexity index is 1940. The lowest BCUT2D eigenvalue weighted by atomic mass is 9.94. The Hall–Kier alpha value is -5.23. The maximum Gasteiger partial charge on any atom is 0.338 e. The molecular formula is C32H29N3O8S. The molecule has 3 aromatic carbocycles. The summed E-state index contributed by atoms with van der Waals surface area (Å²) in [4.78, 5) is 42.9. The molecule has 0 saturated heterocycles. The fraction of sp³-hybridized carbons (Fsp3) is 0.219. The fourth-order valence-corrected chi connectivity index (χ4v) is 5.92. The SMILES string of the molecule is CCOC(=O)C1=C(C)N=c2s/c(=C\c3ccccc3OCc3ccc([N+](=O)[O-])cc3)c(=O)n2[C@H]1c1cc(OC)ccc1OC. The van der Waals surface area contributed by atoms with Gasteiger partial charge in [-0.05, 0) is 61.9 Å². The molecule has 44 heavy (non-hydrogen) atoms. The molecule has 0 saturated carbocycles. The van der Waals surface area contributed by atoms with Crippen molar-refractivity contribution in [1.82, 2.24) is 4.57 Å². The predicted octanol–water partition coefficient (Wildman–Crippen LogP) is 4.30. The van der Waals surface area contributed by atoms with Gasteiger partial charge in [0.1, 0.15) is 29.9 Å². The lowest BCUT2D eigenvalue weighted by Gasteiger charge is -2.26. The Balaban J connectivity index is 1.60. The minimum atomic E-state index is -0.883. The van der Waals surface area contributed by atoms with Gasteiger partial charge in [0, 0.05) is 23.3 Å². The van der Waals surface area contributed by atoms with Gasteiger partial charge in [-0.25, -0.2) is 9.79 Å². The Labute approximate surface area is 256 Å². The summed E-state index contributed by atoms with van der Waals surface area (Å²) in [5.74, 6) is 0.931. The standard InChI is InChI=1S/C32H29N3O8S/c1-5-42-31(37)28-19(2)33-32-34(29(28)24-17-23(40-3)14-15-26(24)41-4)30(36)27(44-32)16-21-8-6-7-9-25(21)43-18-20-10-12-22(13-11-20)35(38)39/h6-17,29H,5,18H2,1-4H3/b27-16-/t29-/m0/s1. The Morgan fingerprint density at radius 3 is 2.50 bits per heavy atom. The number of hydrogen-bond acceptors (Lipinski definition) is 10. The molecule has 226 valence electrons. The van der Waals surface area contributed by atoms with E-state index in [0.717, 1.165) is 5.56 Å². The summed E-state index contributed by atoms with van der Waals surface area (Å²) in [7, 11) is 3.05. The van der Waals surface area contributed by atoms with Crippen molar-refractivity contribution in [2.45, 2.75) is 26.5 Å². The maximum absolute atomic E-state index is 14.1. The van der Waals surface area contributed by atoms with Crippen molar-refractivity contribution in [3.05, 3.63) is 124 Å². The van der Waals surface area contributed by atoms with Crippen LogP contribution in [0.15, 0.2) is 87.8 Å². The Kier molecular flexibility index (Phi) is 8.91. The number of non-ortho nitro benzene ring substituents is 1. The molecular weight excluding hydrogens is 586 g/mol. The molecule has 0 N–H and O–H groups in total. The second kappa shape index (κ2) is 13.0. The highest BCUT2D eigenvalue weighted by atomic mass is 32.1. The van der Waals surface area contributed by atoms with Crippen LogP contribution in [0.5, 0.6) is 17.2 Å². The molecule has 5 rings (SSSR count). The summed E-state index contributed by atoms with van der Waals surface area (Å²) in [6.07, 6.45) is 1.72. The number of fused-ring (bicyclic) bond motifs is 1. The van der Waals surface area contributed by atoms with Gasteiger partial charge in [0.25, 0.3) is 11.2 Å². The number of nitro groups is 1. The number of para-hydroxylation sites is 1. The van der Waals surface area contributed by atoms with Crippen LogP contribution in [0.25, 0.3) is 6.08 Å². The number of thiazole rings is 1. The first kappa shape index (κ1) is 30.2. The first-order valence-electron chi connectivity index (χ1n) is 13.6. The van der Waals surface area contributed by atoms with Crippen molar-refractivity contribution >= 4 is 29.1 Å². The third-order valence-corrected chi connectivity index (χ3v) is 7.98. The highest BCUT2D eigenvalue weighted by Gasteiger charge is 2.35. The fourth-order valence-electron chi connectivity index (χ4n) is 4.89. The molecule has 1 aliphatic rings. The number of allylic oxidation sites excluding steroid dienone is 1. The number of carbonyl (C=O) groups excluding carboxylic acids is 1. The number of nitrogens with zero attached hydrogens (tertiary/aromatic N) is 3. The molecule has 2 heterocycles. The van der Waals surface area contributed by atoms with Crippen LogP contribution >= 0.6 is 11.3 Å². The molecule has 1 aromatic heterocycles. The highest BCUT2D eigenvalue weighted by molar-refractivity contribution is 7.07. The smallest absolute Gasteiger partial charge is 0.338 e. The Morgan fingerprint density at radius 2 is 1.82 bits per heavy atom. The number of carbonyl (C=O) groups is 1. The van der Waals surface area contributed by atoms with Gasteiger partial charge < -0.3 is 18.9 Å². The Morgan fingerprint density at radius 1 is 1.07 bits per heavy atom. The summed E-state index contributed by atoms with van der Waals surface area (Å²) < 4.78 is 24.4. The van der Waals surface area contributed by atoms with Crippen LogP contribution in [0.1, 0.15) is 36.6 Å². The van der Waals surface area contributed by atoms with Crippen LogP contribution in [0.3, 0.4) is 0 Å². The number of ether oxygens (including phenoxy) is 4. The number of benzene rings is 3. The highest BCUT2D eigenvalue weighted by Crippen LogP contribution is 2.38. The first-order valence-corrected chi connectivity index (χ1v) is 14.4. The largest absolute Gasteiger partial charge is 0.497 e. The second-order valence-corrected chi connectivity index (χ2v) is 10.7. The van der Waals surface area contributed by atoms with Crippen molar-refractivity contribution < 1.29 is 28.7 Å². The zero-order valence-corrected chi connectivity index (χ0v) is 25.3. The molecule has 11 nitrogen and oxygen atoms in total.